The predicted molar refractivity (Wildman–Crippen MR) is 155 cm³/mol. The Morgan fingerprint density at radius 1 is 1.02 bits per heavy atom. The Kier molecular flexibility index (Phi) is 12.0. The molecule has 0 unspecified atom stereocenters. The van der Waals surface area contributed by atoms with Crippen molar-refractivity contribution in [1.82, 2.24) is 19.9 Å². The molecule has 13 heteroatoms. The van der Waals surface area contributed by atoms with E-state index >= 15 is 0 Å². The van der Waals surface area contributed by atoms with Crippen molar-refractivity contribution in [2.75, 3.05) is 49.8 Å². The molecule has 0 spiro atoms. The van der Waals surface area contributed by atoms with E-state index in [1.807, 2.05) is 18.2 Å². The average Bonchev–Trinajstić information content (AvgIpc) is 3.17. The number of hydrogen-bond acceptors (Lipinski definition) is 10. The number of aliphatic carboxylic acids is 2. The van der Waals surface area contributed by atoms with Crippen molar-refractivity contribution in [1.29, 1.82) is 0 Å². The highest BCUT2D eigenvalue weighted by atomic mass is 35.5. The number of benzene rings is 1. The van der Waals surface area contributed by atoms with Gasteiger partial charge >= 0.3 is 11.9 Å². The van der Waals surface area contributed by atoms with Gasteiger partial charge < -0.3 is 35.4 Å². The highest BCUT2D eigenvalue weighted by molar-refractivity contribution is 6.32. The van der Waals surface area contributed by atoms with Gasteiger partial charge in [0.2, 0.25) is 17.8 Å². The maximum atomic E-state index is 9.43. The van der Waals surface area contributed by atoms with Crippen molar-refractivity contribution in [3.05, 3.63) is 23.2 Å². The number of nitrogens with one attached hydrogen (secondary N) is 2. The minimum Gasteiger partial charge on any atom is -0.495 e. The number of likely N-dealkylation sites (tertiary alicyclic amines) is 1. The zero-order chi connectivity index (χ0) is 29.1. The van der Waals surface area contributed by atoms with E-state index in [1.54, 1.807) is 7.11 Å². The Hall–Kier alpha value is -3.38. The zero-order valence-corrected chi connectivity index (χ0v) is 24.2. The number of anilines is 4. The van der Waals surface area contributed by atoms with E-state index in [1.165, 1.54) is 25.7 Å². The number of rotatable bonds is 9. The first kappa shape index (κ1) is 31.2. The number of hydrogen-bond donors (Lipinski definition) is 4. The molecule has 2 aliphatic rings. The molecule has 1 saturated carbocycles. The maximum absolute atomic E-state index is 9.43. The fraction of sp³-hybridized carbons (Fsp3) is 0.593. The first-order valence-corrected chi connectivity index (χ1v) is 14.0. The number of halogens is 1. The van der Waals surface area contributed by atoms with Crippen molar-refractivity contribution >= 4 is 47.1 Å². The lowest BCUT2D eigenvalue weighted by Crippen LogP contribution is -2.42. The summed E-state index contributed by atoms with van der Waals surface area (Å²) >= 11 is 6.32. The minimum absolute atomic E-state index is 0.402. The van der Waals surface area contributed by atoms with E-state index in [-0.39, 0.29) is 0 Å². The van der Waals surface area contributed by atoms with Crippen molar-refractivity contribution in [2.24, 2.45) is 0 Å². The first-order chi connectivity index (χ1) is 19.1. The van der Waals surface area contributed by atoms with Crippen LogP contribution in [0.25, 0.3) is 0 Å². The third-order valence-electron chi connectivity index (χ3n) is 7.07. The summed E-state index contributed by atoms with van der Waals surface area (Å²) in [5.41, 5.74) is 0.806. The Labute approximate surface area is 240 Å². The normalized spacial score (nSPS) is 16.7. The largest absolute Gasteiger partial charge is 0.495 e. The summed E-state index contributed by atoms with van der Waals surface area (Å²) < 4.78 is 5.27. The lowest BCUT2D eigenvalue weighted by molar-refractivity contribution is -0.147. The van der Waals surface area contributed by atoms with Gasteiger partial charge in [0, 0.05) is 24.8 Å². The third kappa shape index (κ3) is 9.98. The highest BCUT2D eigenvalue weighted by Crippen LogP contribution is 2.29. The smallest absolute Gasteiger partial charge is 0.314 e. The second-order valence-corrected chi connectivity index (χ2v) is 10.6. The summed E-state index contributed by atoms with van der Waals surface area (Å²) in [6, 6.07) is 6.38. The minimum atomic E-state index is -1.31. The summed E-state index contributed by atoms with van der Waals surface area (Å²) in [7, 11) is 5.88. The highest BCUT2D eigenvalue weighted by Gasteiger charge is 2.24. The van der Waals surface area contributed by atoms with Crippen LogP contribution in [0.2, 0.25) is 5.02 Å². The zero-order valence-electron chi connectivity index (χ0n) is 23.4. The second kappa shape index (κ2) is 15.4. The molecule has 1 aromatic heterocycles. The van der Waals surface area contributed by atoms with Gasteiger partial charge in [-0.15, -0.1) is 0 Å². The van der Waals surface area contributed by atoms with Crippen LogP contribution < -0.4 is 20.3 Å². The number of methoxy groups -OCH3 is 1. The Balaban J connectivity index is 0.000000559. The molecule has 4 rings (SSSR count). The number of carboxylic acids is 2. The Morgan fingerprint density at radius 2 is 1.65 bits per heavy atom. The van der Waals surface area contributed by atoms with Crippen LogP contribution >= 0.6 is 11.6 Å². The Morgan fingerprint density at radius 3 is 2.20 bits per heavy atom. The van der Waals surface area contributed by atoms with Crippen LogP contribution in [-0.2, 0) is 9.59 Å². The average molecular weight is 578 g/mol. The van der Waals surface area contributed by atoms with Crippen LogP contribution in [0.5, 0.6) is 5.75 Å². The number of aromatic nitrogens is 3. The standard InChI is InChI=1S/C24H36ClN7O.C3H4O4/c1-31-14-12-19(13-15-31)32(2)24-29-22(26-17-8-6-4-5-7-9-17)28-23(30-24)27-18-10-11-21(33-3)20(25)16-18;4-2(5)1-3(6)7/h10-11,16-17,19H,4-9,12-15H2,1-3H3,(H2,26,27,28,29,30);1H2,(H,4,5)(H,6,7). The van der Waals surface area contributed by atoms with Gasteiger partial charge in [-0.05, 0) is 64.0 Å². The molecule has 2 aromatic rings. The lowest BCUT2D eigenvalue weighted by Gasteiger charge is -2.35. The van der Waals surface area contributed by atoms with E-state index in [9.17, 15) is 9.59 Å². The quantitative estimate of drug-likeness (QED) is 0.245. The van der Waals surface area contributed by atoms with Crippen molar-refractivity contribution < 1.29 is 24.5 Å². The molecule has 1 aromatic carbocycles. The molecule has 0 radical (unpaired) electrons. The molecule has 12 nitrogen and oxygen atoms in total. The maximum Gasteiger partial charge on any atom is 0.314 e. The number of carbonyl (C=O) groups is 2. The van der Waals surface area contributed by atoms with Crippen LogP contribution in [0.3, 0.4) is 0 Å². The van der Waals surface area contributed by atoms with Gasteiger partial charge in [-0.3, -0.25) is 9.59 Å². The molecule has 40 heavy (non-hydrogen) atoms. The van der Waals surface area contributed by atoms with E-state index in [0.717, 1.165) is 44.5 Å². The SMILES string of the molecule is COc1ccc(Nc2nc(NC3CCCCCC3)nc(N(C)C3CCN(C)CC3)n2)cc1Cl.O=C(O)CC(=O)O. The van der Waals surface area contributed by atoms with Crippen molar-refractivity contribution in [3.63, 3.8) is 0 Å². The fourth-order valence-corrected chi connectivity index (χ4v) is 5.06. The summed E-state index contributed by atoms with van der Waals surface area (Å²) in [6.07, 6.45) is 8.82. The van der Waals surface area contributed by atoms with Gasteiger partial charge in [-0.25, -0.2) is 0 Å². The Bertz CT molecular complexity index is 1110. The molecule has 0 amide bonds. The molecular formula is C27H40ClN7O5. The molecule has 1 saturated heterocycles. The van der Waals surface area contributed by atoms with Gasteiger partial charge in [0.1, 0.15) is 12.2 Å². The van der Waals surface area contributed by atoms with Crippen molar-refractivity contribution in [3.8, 4) is 5.75 Å². The van der Waals surface area contributed by atoms with E-state index in [0.29, 0.717) is 40.7 Å². The van der Waals surface area contributed by atoms with Gasteiger partial charge in [0.15, 0.2) is 0 Å². The molecule has 220 valence electrons. The monoisotopic (exact) mass is 577 g/mol. The van der Waals surface area contributed by atoms with Crippen molar-refractivity contribution in [2.45, 2.75) is 69.9 Å². The molecule has 2 fully saturated rings. The fourth-order valence-electron chi connectivity index (χ4n) is 4.80. The lowest BCUT2D eigenvalue weighted by atomic mass is 10.0. The first-order valence-electron chi connectivity index (χ1n) is 13.6. The molecular weight excluding hydrogens is 538 g/mol. The molecule has 0 bridgehead atoms. The van der Waals surface area contributed by atoms with Crippen LogP contribution in [0.1, 0.15) is 57.8 Å². The number of ether oxygens (including phenoxy) is 1. The van der Waals surface area contributed by atoms with E-state index < -0.39 is 18.4 Å². The molecule has 2 heterocycles. The summed E-state index contributed by atoms with van der Waals surface area (Å²) in [6.45, 7) is 2.17. The summed E-state index contributed by atoms with van der Waals surface area (Å²) in [5.74, 6) is -0.153. The topological polar surface area (TPSA) is 153 Å². The molecule has 4 N–H and O–H groups in total. The third-order valence-corrected chi connectivity index (χ3v) is 7.37. The summed E-state index contributed by atoms with van der Waals surface area (Å²) in [4.78, 5) is 37.8. The van der Waals surface area contributed by atoms with E-state index in [4.69, 9.17) is 41.5 Å². The van der Waals surface area contributed by atoms with Gasteiger partial charge in [-0.2, -0.15) is 15.0 Å². The summed E-state index contributed by atoms with van der Waals surface area (Å²) in [5, 5.41) is 22.9. The molecule has 1 aliphatic carbocycles. The van der Waals surface area contributed by atoms with Crippen LogP contribution in [0.15, 0.2) is 18.2 Å². The van der Waals surface area contributed by atoms with Gasteiger partial charge in [0.05, 0.1) is 12.1 Å². The van der Waals surface area contributed by atoms with Crippen LogP contribution in [0, 0.1) is 0 Å². The van der Waals surface area contributed by atoms with Gasteiger partial charge in [-0.1, -0.05) is 37.3 Å². The van der Waals surface area contributed by atoms with Gasteiger partial charge in [0.25, 0.3) is 0 Å². The molecule has 1 aliphatic heterocycles. The second-order valence-electron chi connectivity index (χ2n) is 10.2. The predicted octanol–water partition coefficient (Wildman–Crippen LogP) is 4.49. The molecule has 0 atom stereocenters. The number of nitrogens with zero attached hydrogens (tertiary/aromatic N) is 5. The van der Waals surface area contributed by atoms with E-state index in [2.05, 4.69) is 34.5 Å². The van der Waals surface area contributed by atoms with Crippen LogP contribution in [0.4, 0.5) is 23.5 Å². The number of piperidine rings is 1. The van der Waals surface area contributed by atoms with Crippen LogP contribution in [-0.4, -0.2) is 88.4 Å². The number of carboxylic acid groups (broad SMARTS) is 2.